The number of nitrogens with zero attached hydrogens (tertiary/aromatic N) is 2. The fourth-order valence-electron chi connectivity index (χ4n) is 2.12. The fourth-order valence-corrected chi connectivity index (χ4v) is 2.12. The summed E-state index contributed by atoms with van der Waals surface area (Å²) >= 11 is 0. The third-order valence-electron chi connectivity index (χ3n) is 3.10. The van der Waals surface area contributed by atoms with Crippen LogP contribution < -0.4 is 5.32 Å². The minimum absolute atomic E-state index is 0.0878. The van der Waals surface area contributed by atoms with Gasteiger partial charge in [-0.25, -0.2) is 4.98 Å². The summed E-state index contributed by atoms with van der Waals surface area (Å²) in [6.07, 6.45) is 5.81. The Morgan fingerprint density at radius 2 is 2.05 bits per heavy atom. The van der Waals surface area contributed by atoms with Gasteiger partial charge in [0, 0.05) is 36.9 Å². The quantitative estimate of drug-likeness (QED) is 0.758. The van der Waals surface area contributed by atoms with Gasteiger partial charge in [-0.15, -0.1) is 0 Å². The zero-order chi connectivity index (χ0) is 13.8. The maximum absolute atomic E-state index is 12.2. The molecule has 0 unspecified atom stereocenters. The van der Waals surface area contributed by atoms with Crippen molar-refractivity contribution in [3.05, 3.63) is 60.3 Å². The molecule has 0 radical (unpaired) electrons. The average molecular weight is 266 g/mol. The lowest BCUT2D eigenvalue weighted by atomic mass is 10.1. The summed E-state index contributed by atoms with van der Waals surface area (Å²) < 4.78 is 0. The number of carbonyl (C=O) groups excluding carboxylic acids is 1. The minimum atomic E-state index is -0.0878. The number of hydrogen-bond donors (Lipinski definition) is 2. The van der Waals surface area contributed by atoms with Crippen LogP contribution in [0.4, 0.5) is 0 Å². The van der Waals surface area contributed by atoms with Crippen LogP contribution in [0, 0.1) is 0 Å². The van der Waals surface area contributed by atoms with Gasteiger partial charge < -0.3 is 10.3 Å². The Balaban J connectivity index is 1.72. The number of hydrogen-bond acceptors (Lipinski definition) is 3. The predicted octanol–water partition coefficient (Wildman–Crippen LogP) is 1.93. The van der Waals surface area contributed by atoms with Gasteiger partial charge in [0.1, 0.15) is 5.82 Å². The monoisotopic (exact) mass is 266 g/mol. The van der Waals surface area contributed by atoms with E-state index >= 15 is 0 Å². The molecule has 0 bridgehead atoms. The third kappa shape index (κ3) is 2.51. The molecule has 0 aliphatic rings. The molecule has 0 spiro atoms. The lowest BCUT2D eigenvalue weighted by Gasteiger charge is -2.06. The Hall–Kier alpha value is -2.69. The maximum atomic E-state index is 12.2. The first-order valence-electron chi connectivity index (χ1n) is 6.45. The number of aromatic nitrogens is 3. The molecule has 3 aromatic rings. The second kappa shape index (κ2) is 5.52. The highest BCUT2D eigenvalue weighted by molar-refractivity contribution is 6.05. The van der Waals surface area contributed by atoms with E-state index in [-0.39, 0.29) is 5.91 Å². The zero-order valence-corrected chi connectivity index (χ0v) is 10.8. The summed E-state index contributed by atoms with van der Waals surface area (Å²) in [6.45, 7) is 0.545. The van der Waals surface area contributed by atoms with E-state index in [4.69, 9.17) is 0 Å². The molecule has 2 aromatic heterocycles. The van der Waals surface area contributed by atoms with Crippen LogP contribution in [0.15, 0.2) is 48.9 Å². The highest BCUT2D eigenvalue weighted by Gasteiger charge is 2.09. The molecule has 1 aromatic carbocycles. The molecular weight excluding hydrogens is 252 g/mol. The van der Waals surface area contributed by atoms with Crippen molar-refractivity contribution in [3.63, 3.8) is 0 Å². The van der Waals surface area contributed by atoms with Crippen molar-refractivity contribution >= 4 is 16.8 Å². The topological polar surface area (TPSA) is 70.7 Å². The van der Waals surface area contributed by atoms with Crippen molar-refractivity contribution in [1.82, 2.24) is 20.3 Å². The highest BCUT2D eigenvalue weighted by atomic mass is 16.1. The maximum Gasteiger partial charge on any atom is 0.252 e. The second-order valence-corrected chi connectivity index (χ2v) is 4.42. The smallest absolute Gasteiger partial charge is 0.252 e. The molecular formula is C15H14N4O. The summed E-state index contributed by atoms with van der Waals surface area (Å²) in [5.74, 6) is 0.778. The number of nitrogens with one attached hydrogen (secondary N) is 2. The van der Waals surface area contributed by atoms with Gasteiger partial charge in [-0.05, 0) is 12.1 Å². The SMILES string of the molecule is O=C(NCCc1ncc[nH]1)c1ccnc2ccccc12. The van der Waals surface area contributed by atoms with Gasteiger partial charge in [0.2, 0.25) is 0 Å². The van der Waals surface area contributed by atoms with Crippen molar-refractivity contribution in [2.75, 3.05) is 6.54 Å². The lowest BCUT2D eigenvalue weighted by molar-refractivity contribution is 0.0955. The Morgan fingerprint density at radius 1 is 1.15 bits per heavy atom. The molecule has 0 aliphatic heterocycles. The summed E-state index contributed by atoms with van der Waals surface area (Å²) in [6, 6.07) is 9.36. The molecule has 2 N–H and O–H groups in total. The number of amides is 1. The zero-order valence-electron chi connectivity index (χ0n) is 10.8. The molecule has 0 saturated carbocycles. The van der Waals surface area contributed by atoms with Crippen LogP contribution in [0.3, 0.4) is 0 Å². The molecule has 0 fully saturated rings. The number of fused-ring (bicyclic) bond motifs is 1. The first-order valence-corrected chi connectivity index (χ1v) is 6.45. The van der Waals surface area contributed by atoms with Gasteiger partial charge in [-0.3, -0.25) is 9.78 Å². The molecule has 5 nitrogen and oxygen atoms in total. The number of imidazole rings is 1. The van der Waals surface area contributed by atoms with Crippen LogP contribution in [0.1, 0.15) is 16.2 Å². The van der Waals surface area contributed by atoms with Crippen LogP contribution in [-0.2, 0) is 6.42 Å². The molecule has 1 amide bonds. The van der Waals surface area contributed by atoms with Gasteiger partial charge in [0.25, 0.3) is 5.91 Å². The molecule has 0 saturated heterocycles. The molecule has 100 valence electrons. The average Bonchev–Trinajstić information content (AvgIpc) is 3.00. The number of pyridine rings is 1. The Kier molecular flexibility index (Phi) is 3.41. The number of aromatic amines is 1. The largest absolute Gasteiger partial charge is 0.352 e. The highest BCUT2D eigenvalue weighted by Crippen LogP contribution is 2.15. The normalized spacial score (nSPS) is 10.6. The van der Waals surface area contributed by atoms with Crippen LogP contribution in [0.2, 0.25) is 0 Å². The number of benzene rings is 1. The van der Waals surface area contributed by atoms with Gasteiger partial charge in [-0.1, -0.05) is 18.2 Å². The third-order valence-corrected chi connectivity index (χ3v) is 3.10. The van der Waals surface area contributed by atoms with E-state index in [9.17, 15) is 4.79 Å². The summed E-state index contributed by atoms with van der Waals surface area (Å²) in [7, 11) is 0. The van der Waals surface area contributed by atoms with Gasteiger partial charge >= 0.3 is 0 Å². The molecule has 5 heteroatoms. The minimum Gasteiger partial charge on any atom is -0.352 e. The van der Waals surface area contributed by atoms with Gasteiger partial charge in [0.05, 0.1) is 11.1 Å². The Labute approximate surface area is 116 Å². The van der Waals surface area contributed by atoms with Crippen LogP contribution >= 0.6 is 0 Å². The van der Waals surface area contributed by atoms with E-state index in [1.54, 1.807) is 24.7 Å². The molecule has 0 atom stereocenters. The number of carbonyl (C=O) groups is 1. The Morgan fingerprint density at radius 3 is 2.90 bits per heavy atom. The van der Waals surface area contributed by atoms with E-state index < -0.39 is 0 Å². The van der Waals surface area contributed by atoms with E-state index in [1.807, 2.05) is 24.3 Å². The van der Waals surface area contributed by atoms with E-state index in [1.165, 1.54) is 0 Å². The van der Waals surface area contributed by atoms with Crippen molar-refractivity contribution in [3.8, 4) is 0 Å². The van der Waals surface area contributed by atoms with Crippen LogP contribution in [-0.4, -0.2) is 27.4 Å². The van der Waals surface area contributed by atoms with E-state index in [2.05, 4.69) is 20.3 Å². The van der Waals surface area contributed by atoms with E-state index in [0.29, 0.717) is 18.5 Å². The molecule has 0 aliphatic carbocycles. The van der Waals surface area contributed by atoms with Crippen LogP contribution in [0.25, 0.3) is 10.9 Å². The molecule has 2 heterocycles. The van der Waals surface area contributed by atoms with E-state index in [0.717, 1.165) is 16.7 Å². The number of H-pyrrole nitrogens is 1. The fraction of sp³-hybridized carbons (Fsp3) is 0.133. The molecule has 20 heavy (non-hydrogen) atoms. The number of para-hydroxylation sites is 1. The first kappa shape index (κ1) is 12.3. The van der Waals surface area contributed by atoms with Crippen molar-refractivity contribution in [1.29, 1.82) is 0 Å². The molecule has 3 rings (SSSR count). The first-order chi connectivity index (χ1) is 9.84. The van der Waals surface area contributed by atoms with Crippen molar-refractivity contribution in [2.45, 2.75) is 6.42 Å². The standard InChI is InChI=1S/C15H14N4O/c20-15(19-8-6-14-17-9-10-18-14)12-5-7-16-13-4-2-1-3-11(12)13/h1-5,7,9-10H,6,8H2,(H,17,18)(H,19,20). The summed E-state index contributed by atoms with van der Waals surface area (Å²) in [5.41, 5.74) is 1.47. The summed E-state index contributed by atoms with van der Waals surface area (Å²) in [4.78, 5) is 23.6. The van der Waals surface area contributed by atoms with Gasteiger partial charge in [-0.2, -0.15) is 0 Å². The lowest BCUT2D eigenvalue weighted by Crippen LogP contribution is -2.26. The van der Waals surface area contributed by atoms with Crippen molar-refractivity contribution in [2.24, 2.45) is 0 Å². The van der Waals surface area contributed by atoms with Crippen LogP contribution in [0.5, 0.6) is 0 Å². The van der Waals surface area contributed by atoms with Gasteiger partial charge in [0.15, 0.2) is 0 Å². The second-order valence-electron chi connectivity index (χ2n) is 4.42. The summed E-state index contributed by atoms with van der Waals surface area (Å²) in [5, 5.41) is 3.77. The Bertz CT molecular complexity index is 716. The predicted molar refractivity (Wildman–Crippen MR) is 76.4 cm³/mol. The van der Waals surface area contributed by atoms with Crippen molar-refractivity contribution < 1.29 is 4.79 Å². The number of rotatable bonds is 4.